The minimum absolute atomic E-state index is 0.162. The highest BCUT2D eigenvalue weighted by Gasteiger charge is 2.18. The molecule has 27 heavy (non-hydrogen) atoms. The number of aromatic nitrogens is 3. The summed E-state index contributed by atoms with van der Waals surface area (Å²) in [7, 11) is 0. The van der Waals surface area contributed by atoms with E-state index in [-0.39, 0.29) is 6.73 Å². The van der Waals surface area contributed by atoms with Crippen LogP contribution in [0.5, 0.6) is 0 Å². The Hall–Kier alpha value is -2.19. The monoisotopic (exact) mass is 386 g/mol. The average molecular weight is 387 g/mol. The number of hydrogen-bond donors (Lipinski definition) is 3. The third-order valence-electron chi connectivity index (χ3n) is 4.76. The van der Waals surface area contributed by atoms with E-state index < -0.39 is 0 Å². The molecule has 2 aromatic heterocycles. The molecule has 4 N–H and O–H groups in total. The van der Waals surface area contributed by atoms with E-state index in [0.29, 0.717) is 17.7 Å². The van der Waals surface area contributed by atoms with E-state index in [1.54, 1.807) is 0 Å². The molecule has 1 aliphatic rings. The Morgan fingerprint density at radius 1 is 1.26 bits per heavy atom. The second-order valence-corrected chi connectivity index (χ2v) is 7.04. The fourth-order valence-corrected chi connectivity index (χ4v) is 3.44. The molecular weight excluding hydrogens is 364 g/mol. The van der Waals surface area contributed by atoms with Gasteiger partial charge in [-0.15, -0.1) is 0 Å². The van der Waals surface area contributed by atoms with Gasteiger partial charge >= 0.3 is 0 Å². The van der Waals surface area contributed by atoms with Crippen LogP contribution in [0.3, 0.4) is 0 Å². The Bertz CT molecular complexity index is 904. The molecule has 1 aromatic carbocycles. The normalized spacial score (nSPS) is 15.3. The number of nitrogens with zero attached hydrogens (tertiary/aromatic N) is 3. The molecule has 1 fully saturated rings. The SMILES string of the molecule is NCOCc1cnc(NC2CCNCC2)c2nc(-c3ccc(Cl)cc3)cn12. The molecule has 7 nitrogen and oxygen atoms in total. The molecule has 4 rings (SSSR count). The first-order chi connectivity index (χ1) is 13.2. The van der Waals surface area contributed by atoms with Crippen LogP contribution >= 0.6 is 11.6 Å². The summed E-state index contributed by atoms with van der Waals surface area (Å²) in [5, 5.41) is 7.64. The summed E-state index contributed by atoms with van der Waals surface area (Å²) < 4.78 is 7.42. The second-order valence-electron chi connectivity index (χ2n) is 6.61. The molecule has 3 heterocycles. The standard InChI is InChI=1S/C19H23ClN6O/c20-14-3-1-13(2-4-14)17-10-26-16(11-27-12-21)9-23-18(19(26)25-17)24-15-5-7-22-8-6-15/h1-4,9-10,15,22H,5-8,11-12,21H2,(H,23,24). The van der Waals surface area contributed by atoms with Crippen molar-refractivity contribution in [2.45, 2.75) is 25.5 Å². The van der Waals surface area contributed by atoms with Crippen molar-refractivity contribution >= 4 is 23.1 Å². The number of benzene rings is 1. The number of piperidine rings is 1. The summed E-state index contributed by atoms with van der Waals surface area (Å²) in [6.45, 7) is 2.57. The summed E-state index contributed by atoms with van der Waals surface area (Å²) in [6, 6.07) is 8.06. The number of ether oxygens (including phenoxy) is 1. The molecule has 0 bridgehead atoms. The summed E-state index contributed by atoms with van der Waals surface area (Å²) in [5.74, 6) is 0.790. The Morgan fingerprint density at radius 3 is 2.78 bits per heavy atom. The quantitative estimate of drug-likeness (QED) is 0.564. The van der Waals surface area contributed by atoms with Gasteiger partial charge in [-0.1, -0.05) is 23.7 Å². The van der Waals surface area contributed by atoms with Crippen molar-refractivity contribution in [1.29, 1.82) is 0 Å². The van der Waals surface area contributed by atoms with E-state index in [1.807, 2.05) is 41.1 Å². The van der Waals surface area contributed by atoms with Gasteiger partial charge in [0.15, 0.2) is 11.5 Å². The zero-order valence-electron chi connectivity index (χ0n) is 15.0. The highest BCUT2D eigenvalue weighted by Crippen LogP contribution is 2.25. The highest BCUT2D eigenvalue weighted by molar-refractivity contribution is 6.30. The van der Waals surface area contributed by atoms with Gasteiger partial charge in [0.1, 0.15) is 0 Å². The number of hydrogen-bond acceptors (Lipinski definition) is 6. The van der Waals surface area contributed by atoms with Crippen LogP contribution < -0.4 is 16.4 Å². The molecule has 0 atom stereocenters. The van der Waals surface area contributed by atoms with E-state index in [9.17, 15) is 0 Å². The smallest absolute Gasteiger partial charge is 0.180 e. The van der Waals surface area contributed by atoms with Gasteiger partial charge in [0.05, 0.1) is 30.9 Å². The fraction of sp³-hybridized carbons (Fsp3) is 0.368. The van der Waals surface area contributed by atoms with Gasteiger partial charge in [0.2, 0.25) is 0 Å². The van der Waals surface area contributed by atoms with Crippen molar-refractivity contribution in [3.63, 3.8) is 0 Å². The van der Waals surface area contributed by atoms with Crippen LogP contribution in [-0.2, 0) is 11.3 Å². The van der Waals surface area contributed by atoms with Crippen LogP contribution in [0.15, 0.2) is 36.7 Å². The van der Waals surface area contributed by atoms with E-state index in [4.69, 9.17) is 27.1 Å². The van der Waals surface area contributed by atoms with Crippen LogP contribution in [0.1, 0.15) is 18.5 Å². The number of rotatable bonds is 6. The van der Waals surface area contributed by atoms with E-state index in [0.717, 1.165) is 54.3 Å². The van der Waals surface area contributed by atoms with E-state index in [2.05, 4.69) is 15.6 Å². The molecular formula is C19H23ClN6O. The first-order valence-electron chi connectivity index (χ1n) is 9.12. The molecule has 0 aliphatic carbocycles. The molecule has 3 aromatic rings. The number of nitrogens with one attached hydrogen (secondary N) is 2. The number of nitrogens with two attached hydrogens (primary N) is 1. The Morgan fingerprint density at radius 2 is 2.04 bits per heavy atom. The van der Waals surface area contributed by atoms with Gasteiger partial charge in [-0.05, 0) is 38.1 Å². The summed E-state index contributed by atoms with van der Waals surface area (Å²) >= 11 is 6.01. The largest absolute Gasteiger partial charge is 0.364 e. The van der Waals surface area contributed by atoms with E-state index in [1.165, 1.54) is 0 Å². The van der Waals surface area contributed by atoms with Crippen molar-refractivity contribution in [3.8, 4) is 11.3 Å². The molecule has 0 spiro atoms. The lowest BCUT2D eigenvalue weighted by molar-refractivity contribution is 0.124. The molecule has 1 aliphatic heterocycles. The molecule has 1 saturated heterocycles. The van der Waals surface area contributed by atoms with Gasteiger partial charge < -0.3 is 21.1 Å². The summed E-state index contributed by atoms with van der Waals surface area (Å²) in [5.41, 5.74) is 9.04. The summed E-state index contributed by atoms with van der Waals surface area (Å²) in [4.78, 5) is 9.46. The maximum Gasteiger partial charge on any atom is 0.180 e. The minimum Gasteiger partial charge on any atom is -0.364 e. The van der Waals surface area contributed by atoms with Crippen molar-refractivity contribution in [2.24, 2.45) is 5.73 Å². The lowest BCUT2D eigenvalue weighted by Gasteiger charge is -2.24. The zero-order chi connectivity index (χ0) is 18.6. The zero-order valence-corrected chi connectivity index (χ0v) is 15.7. The highest BCUT2D eigenvalue weighted by atomic mass is 35.5. The van der Waals surface area contributed by atoms with Crippen molar-refractivity contribution in [2.75, 3.05) is 25.1 Å². The van der Waals surface area contributed by atoms with Crippen molar-refractivity contribution in [3.05, 3.63) is 47.4 Å². The van der Waals surface area contributed by atoms with Crippen molar-refractivity contribution < 1.29 is 4.74 Å². The fourth-order valence-electron chi connectivity index (χ4n) is 3.32. The number of imidazole rings is 1. The third kappa shape index (κ3) is 4.06. The molecule has 0 unspecified atom stereocenters. The molecule has 8 heteroatoms. The minimum atomic E-state index is 0.162. The Kier molecular flexibility index (Phi) is 5.54. The van der Waals surface area contributed by atoms with Gasteiger partial charge in [-0.3, -0.25) is 4.40 Å². The first-order valence-corrected chi connectivity index (χ1v) is 9.50. The van der Waals surface area contributed by atoms with Crippen LogP contribution in [0.2, 0.25) is 5.02 Å². The lowest BCUT2D eigenvalue weighted by atomic mass is 10.1. The second kappa shape index (κ2) is 8.22. The Balaban J connectivity index is 1.73. The van der Waals surface area contributed by atoms with Crippen LogP contribution in [0.4, 0.5) is 5.82 Å². The van der Waals surface area contributed by atoms with Crippen LogP contribution in [0, 0.1) is 0 Å². The summed E-state index contributed by atoms with van der Waals surface area (Å²) in [6.07, 6.45) is 5.95. The van der Waals surface area contributed by atoms with Gasteiger partial charge in [0.25, 0.3) is 0 Å². The first kappa shape index (κ1) is 18.2. The predicted octanol–water partition coefficient (Wildman–Crippen LogP) is 2.65. The molecule has 0 amide bonds. The van der Waals surface area contributed by atoms with Gasteiger partial charge in [-0.25, -0.2) is 9.97 Å². The van der Waals surface area contributed by atoms with Crippen LogP contribution in [0.25, 0.3) is 16.9 Å². The predicted molar refractivity (Wildman–Crippen MR) is 107 cm³/mol. The lowest BCUT2D eigenvalue weighted by Crippen LogP contribution is -2.35. The molecule has 0 saturated carbocycles. The van der Waals surface area contributed by atoms with Gasteiger partial charge in [0, 0.05) is 22.8 Å². The number of fused-ring (bicyclic) bond motifs is 1. The molecule has 0 radical (unpaired) electrons. The maximum atomic E-state index is 6.01. The third-order valence-corrected chi connectivity index (χ3v) is 5.01. The average Bonchev–Trinajstić information content (AvgIpc) is 3.15. The molecule has 142 valence electrons. The van der Waals surface area contributed by atoms with Crippen molar-refractivity contribution in [1.82, 2.24) is 19.7 Å². The Labute approximate surface area is 162 Å². The van der Waals surface area contributed by atoms with E-state index >= 15 is 0 Å². The van der Waals surface area contributed by atoms with Crippen LogP contribution in [-0.4, -0.2) is 40.2 Å². The van der Waals surface area contributed by atoms with Gasteiger partial charge in [-0.2, -0.15) is 0 Å². The topological polar surface area (TPSA) is 89.5 Å². The maximum absolute atomic E-state index is 6.01. The number of anilines is 1. The number of halogens is 1.